The fourth-order valence-corrected chi connectivity index (χ4v) is 3.00. The van der Waals surface area contributed by atoms with Crippen molar-refractivity contribution in [2.45, 2.75) is 25.3 Å². The Hall–Kier alpha value is -1.81. The molecule has 106 valence electrons. The van der Waals surface area contributed by atoms with Gasteiger partial charge in [-0.3, -0.25) is 4.98 Å². The predicted octanol–water partition coefficient (Wildman–Crippen LogP) is 2.71. The summed E-state index contributed by atoms with van der Waals surface area (Å²) in [5.41, 5.74) is 7.96. The van der Waals surface area contributed by atoms with E-state index in [0.717, 1.165) is 28.7 Å². The minimum atomic E-state index is 0.619. The molecule has 0 aliphatic carbocycles. The van der Waals surface area contributed by atoms with Crippen molar-refractivity contribution in [1.29, 1.82) is 0 Å². The highest BCUT2D eigenvalue weighted by molar-refractivity contribution is 6.00. The normalized spacial score (nSPS) is 20.1. The fourth-order valence-electron chi connectivity index (χ4n) is 3.00. The predicted molar refractivity (Wildman–Crippen MR) is 84.9 cm³/mol. The molecule has 1 aliphatic rings. The second kappa shape index (κ2) is 5.67. The van der Waals surface area contributed by atoms with E-state index < -0.39 is 0 Å². The van der Waals surface area contributed by atoms with Crippen molar-refractivity contribution in [1.82, 2.24) is 9.88 Å². The van der Waals surface area contributed by atoms with Crippen LogP contribution in [0.15, 0.2) is 30.6 Å². The summed E-state index contributed by atoms with van der Waals surface area (Å²) in [6.45, 7) is 2.18. The van der Waals surface area contributed by atoms with Crippen LogP contribution in [-0.4, -0.2) is 36.1 Å². The third kappa shape index (κ3) is 2.56. The number of nitrogens with one attached hydrogen (secondary N) is 1. The number of hydrogen-bond acceptors (Lipinski definition) is 4. The van der Waals surface area contributed by atoms with Crippen LogP contribution in [0.1, 0.15) is 19.3 Å². The largest absolute Gasteiger partial charge is 0.398 e. The lowest BCUT2D eigenvalue weighted by Gasteiger charge is -2.32. The van der Waals surface area contributed by atoms with Crippen molar-refractivity contribution >= 4 is 22.1 Å². The minimum Gasteiger partial charge on any atom is -0.398 e. The molecule has 1 atom stereocenters. The van der Waals surface area contributed by atoms with Crippen LogP contribution in [-0.2, 0) is 0 Å². The van der Waals surface area contributed by atoms with E-state index in [9.17, 15) is 0 Å². The standard InChI is InChI=1S/C16H22N4/c1-20-9-3-2-4-12(20)10-19-16-6-5-15(17)13-7-8-18-11-14(13)16/h5-8,11-12,19H,2-4,9-10,17H2,1H3. The topological polar surface area (TPSA) is 54.2 Å². The molecule has 3 N–H and O–H groups in total. The van der Waals surface area contributed by atoms with Crippen LogP contribution >= 0.6 is 0 Å². The second-order valence-corrected chi connectivity index (χ2v) is 5.63. The van der Waals surface area contributed by atoms with Gasteiger partial charge < -0.3 is 16.0 Å². The van der Waals surface area contributed by atoms with E-state index in [4.69, 9.17) is 5.73 Å². The van der Waals surface area contributed by atoms with E-state index in [1.165, 1.54) is 25.8 Å². The lowest BCUT2D eigenvalue weighted by Crippen LogP contribution is -2.40. The molecule has 0 saturated carbocycles. The quantitative estimate of drug-likeness (QED) is 0.842. The molecule has 1 unspecified atom stereocenters. The van der Waals surface area contributed by atoms with Crippen molar-refractivity contribution < 1.29 is 0 Å². The third-order valence-corrected chi connectivity index (χ3v) is 4.30. The van der Waals surface area contributed by atoms with E-state index in [1.807, 2.05) is 18.3 Å². The van der Waals surface area contributed by atoms with Crippen molar-refractivity contribution in [2.24, 2.45) is 0 Å². The molecular weight excluding hydrogens is 248 g/mol. The Morgan fingerprint density at radius 3 is 3.05 bits per heavy atom. The van der Waals surface area contributed by atoms with E-state index in [-0.39, 0.29) is 0 Å². The van der Waals surface area contributed by atoms with Gasteiger partial charge in [-0.25, -0.2) is 0 Å². The summed E-state index contributed by atoms with van der Waals surface area (Å²) in [7, 11) is 2.22. The molecular formula is C16H22N4. The zero-order chi connectivity index (χ0) is 13.9. The average molecular weight is 270 g/mol. The van der Waals surface area contributed by atoms with Gasteiger partial charge in [0.05, 0.1) is 0 Å². The lowest BCUT2D eigenvalue weighted by molar-refractivity contribution is 0.195. The van der Waals surface area contributed by atoms with Gasteiger partial charge in [-0.2, -0.15) is 0 Å². The van der Waals surface area contributed by atoms with Crippen molar-refractivity contribution in [3.63, 3.8) is 0 Å². The molecule has 2 heterocycles. The first kappa shape index (κ1) is 13.2. The highest BCUT2D eigenvalue weighted by atomic mass is 15.2. The maximum absolute atomic E-state index is 6.02. The first-order valence-corrected chi connectivity index (χ1v) is 7.32. The zero-order valence-corrected chi connectivity index (χ0v) is 12.0. The van der Waals surface area contributed by atoms with E-state index >= 15 is 0 Å². The van der Waals surface area contributed by atoms with Gasteiger partial charge in [0, 0.05) is 47.1 Å². The molecule has 4 heteroatoms. The Morgan fingerprint density at radius 1 is 1.30 bits per heavy atom. The number of aromatic nitrogens is 1. The van der Waals surface area contributed by atoms with Crippen molar-refractivity contribution in [3.8, 4) is 0 Å². The Bertz CT molecular complexity index is 596. The Balaban J connectivity index is 1.79. The Morgan fingerprint density at radius 2 is 2.20 bits per heavy atom. The first-order chi connectivity index (χ1) is 9.75. The number of anilines is 2. The molecule has 0 spiro atoms. The fraction of sp³-hybridized carbons (Fsp3) is 0.438. The molecule has 20 heavy (non-hydrogen) atoms. The van der Waals surface area contributed by atoms with E-state index in [1.54, 1.807) is 6.20 Å². The SMILES string of the molecule is CN1CCCCC1CNc1ccc(N)c2ccncc12. The van der Waals surface area contributed by atoms with Crippen LogP contribution < -0.4 is 11.1 Å². The molecule has 1 saturated heterocycles. The minimum absolute atomic E-state index is 0.619. The summed E-state index contributed by atoms with van der Waals surface area (Å²) in [5.74, 6) is 0. The first-order valence-electron chi connectivity index (χ1n) is 7.32. The molecule has 1 aliphatic heterocycles. The number of pyridine rings is 1. The molecule has 0 bridgehead atoms. The summed E-state index contributed by atoms with van der Waals surface area (Å²) >= 11 is 0. The van der Waals surface area contributed by atoms with Crippen LogP contribution in [0.3, 0.4) is 0 Å². The molecule has 0 radical (unpaired) electrons. The van der Waals surface area contributed by atoms with Crippen LogP contribution in [0, 0.1) is 0 Å². The van der Waals surface area contributed by atoms with Gasteiger partial charge in [0.15, 0.2) is 0 Å². The van der Waals surface area contributed by atoms with Gasteiger partial charge in [-0.15, -0.1) is 0 Å². The summed E-state index contributed by atoms with van der Waals surface area (Å²) in [4.78, 5) is 6.67. The van der Waals surface area contributed by atoms with Crippen molar-refractivity contribution in [2.75, 3.05) is 31.2 Å². The summed E-state index contributed by atoms with van der Waals surface area (Å²) in [6, 6.07) is 6.62. The molecule has 4 nitrogen and oxygen atoms in total. The molecule has 1 aromatic heterocycles. The maximum Gasteiger partial charge on any atom is 0.0437 e. The molecule has 1 fully saturated rings. The Kier molecular flexibility index (Phi) is 3.74. The van der Waals surface area contributed by atoms with Gasteiger partial charge in [-0.05, 0) is 44.6 Å². The van der Waals surface area contributed by atoms with E-state index in [0.29, 0.717) is 6.04 Å². The molecule has 1 aromatic carbocycles. The summed E-state index contributed by atoms with van der Waals surface area (Å²) in [6.07, 6.45) is 7.60. The zero-order valence-electron chi connectivity index (χ0n) is 12.0. The number of benzene rings is 1. The number of nitrogen functional groups attached to an aromatic ring is 1. The number of hydrogen-bond donors (Lipinski definition) is 2. The number of nitrogens with two attached hydrogens (primary N) is 1. The van der Waals surface area contributed by atoms with Gasteiger partial charge in [-0.1, -0.05) is 6.42 Å². The van der Waals surface area contributed by atoms with Gasteiger partial charge in [0.25, 0.3) is 0 Å². The third-order valence-electron chi connectivity index (χ3n) is 4.30. The number of piperidine rings is 1. The van der Waals surface area contributed by atoms with Crippen LogP contribution in [0.25, 0.3) is 10.8 Å². The molecule has 3 rings (SSSR count). The second-order valence-electron chi connectivity index (χ2n) is 5.63. The van der Waals surface area contributed by atoms with Crippen LogP contribution in [0.5, 0.6) is 0 Å². The number of fused-ring (bicyclic) bond motifs is 1. The van der Waals surface area contributed by atoms with Gasteiger partial charge >= 0.3 is 0 Å². The van der Waals surface area contributed by atoms with Crippen LogP contribution in [0.4, 0.5) is 11.4 Å². The number of nitrogens with zero attached hydrogens (tertiary/aromatic N) is 2. The summed E-state index contributed by atoms with van der Waals surface area (Å²) < 4.78 is 0. The van der Waals surface area contributed by atoms with Crippen molar-refractivity contribution in [3.05, 3.63) is 30.6 Å². The number of likely N-dealkylation sites (N-methyl/N-ethyl adjacent to an activating group) is 1. The van der Waals surface area contributed by atoms with Gasteiger partial charge in [0.2, 0.25) is 0 Å². The monoisotopic (exact) mass is 270 g/mol. The molecule has 0 amide bonds. The number of likely N-dealkylation sites (tertiary alicyclic amines) is 1. The van der Waals surface area contributed by atoms with Gasteiger partial charge in [0.1, 0.15) is 0 Å². The lowest BCUT2D eigenvalue weighted by atomic mass is 10.0. The Labute approximate surface area is 120 Å². The maximum atomic E-state index is 6.02. The van der Waals surface area contributed by atoms with Crippen LogP contribution in [0.2, 0.25) is 0 Å². The van der Waals surface area contributed by atoms with E-state index in [2.05, 4.69) is 28.3 Å². The highest BCUT2D eigenvalue weighted by Crippen LogP contribution is 2.27. The smallest absolute Gasteiger partial charge is 0.0437 e. The highest BCUT2D eigenvalue weighted by Gasteiger charge is 2.18. The number of rotatable bonds is 3. The molecule has 2 aromatic rings. The average Bonchev–Trinajstić information content (AvgIpc) is 2.48. The summed E-state index contributed by atoms with van der Waals surface area (Å²) in [5, 5.41) is 5.75.